The molecule has 0 bridgehead atoms. The van der Waals surface area contributed by atoms with Gasteiger partial charge in [0, 0.05) is 18.5 Å². The number of hydrogen-bond acceptors (Lipinski definition) is 5. The number of hydrogen-bond donors (Lipinski definition) is 3. The number of aromatic amines is 1. The first-order valence-electron chi connectivity index (χ1n) is 6.25. The molecule has 1 heterocycles. The van der Waals surface area contributed by atoms with Crippen molar-refractivity contribution in [2.24, 2.45) is 0 Å². The fraction of sp³-hybridized carbons (Fsp3) is 0.727. The Kier molecular flexibility index (Phi) is 5.23. The van der Waals surface area contributed by atoms with E-state index in [0.717, 1.165) is 6.26 Å². The van der Waals surface area contributed by atoms with Gasteiger partial charge in [-0.1, -0.05) is 20.8 Å². The highest BCUT2D eigenvalue weighted by atomic mass is 32.2. The van der Waals surface area contributed by atoms with Crippen LogP contribution in [0, 0.1) is 0 Å². The molecule has 0 spiro atoms. The van der Waals surface area contributed by atoms with Crippen molar-refractivity contribution in [1.82, 2.24) is 25.2 Å². The minimum atomic E-state index is -3.18. The lowest BCUT2D eigenvalue weighted by Crippen LogP contribution is -2.30. The van der Waals surface area contributed by atoms with Crippen LogP contribution in [-0.2, 0) is 15.4 Å². The quantitative estimate of drug-likeness (QED) is 0.628. The molecule has 0 aliphatic heterocycles. The summed E-state index contributed by atoms with van der Waals surface area (Å²) in [6.45, 7) is 6.52. The van der Waals surface area contributed by atoms with E-state index in [4.69, 9.17) is 0 Å². The van der Waals surface area contributed by atoms with Crippen molar-refractivity contribution >= 4 is 15.9 Å². The van der Waals surface area contributed by atoms with Crippen LogP contribution >= 0.6 is 0 Å². The monoisotopic (exact) mass is 303 g/mol. The van der Waals surface area contributed by atoms with Gasteiger partial charge in [0.2, 0.25) is 15.8 Å². The fourth-order valence-electron chi connectivity index (χ4n) is 1.33. The van der Waals surface area contributed by atoms with Crippen LogP contribution in [0.15, 0.2) is 0 Å². The third-order valence-electron chi connectivity index (χ3n) is 2.40. The van der Waals surface area contributed by atoms with Gasteiger partial charge in [-0.25, -0.2) is 18.1 Å². The molecule has 0 aliphatic rings. The van der Waals surface area contributed by atoms with Crippen molar-refractivity contribution in [2.75, 3.05) is 19.3 Å². The van der Waals surface area contributed by atoms with E-state index in [1.807, 2.05) is 20.8 Å². The molecule has 1 aromatic heterocycles. The average molecular weight is 303 g/mol. The smallest absolute Gasteiger partial charge is 0.290 e. The maximum Gasteiger partial charge on any atom is 0.290 e. The molecule has 1 rings (SSSR count). The number of nitrogens with one attached hydrogen (secondary N) is 3. The Bertz CT molecular complexity index is 559. The Morgan fingerprint density at radius 3 is 2.45 bits per heavy atom. The van der Waals surface area contributed by atoms with Gasteiger partial charge in [0.05, 0.1) is 6.26 Å². The molecule has 0 unspecified atom stereocenters. The predicted octanol–water partition coefficient (Wildman–Crippen LogP) is -0.229. The second-order valence-electron chi connectivity index (χ2n) is 5.53. The van der Waals surface area contributed by atoms with Crippen LogP contribution in [0.5, 0.6) is 0 Å². The van der Waals surface area contributed by atoms with Gasteiger partial charge in [0.25, 0.3) is 5.91 Å². The number of carbonyl (C=O) groups is 1. The molecule has 0 fully saturated rings. The number of carbonyl (C=O) groups excluding carboxylic acids is 1. The Balaban J connectivity index is 2.38. The summed E-state index contributed by atoms with van der Waals surface area (Å²) in [4.78, 5) is 15.9. The van der Waals surface area contributed by atoms with E-state index in [1.54, 1.807) is 0 Å². The maximum atomic E-state index is 11.8. The molecule has 8 nitrogen and oxygen atoms in total. The van der Waals surface area contributed by atoms with E-state index in [1.165, 1.54) is 0 Å². The fourth-order valence-corrected chi connectivity index (χ4v) is 1.84. The zero-order valence-corrected chi connectivity index (χ0v) is 13.0. The molecule has 0 aromatic carbocycles. The molecule has 114 valence electrons. The molecule has 0 atom stereocenters. The first-order chi connectivity index (χ1) is 9.09. The zero-order valence-electron chi connectivity index (χ0n) is 12.1. The van der Waals surface area contributed by atoms with Crippen molar-refractivity contribution in [3.63, 3.8) is 0 Å². The van der Waals surface area contributed by atoms with Gasteiger partial charge in [-0.2, -0.15) is 0 Å². The highest BCUT2D eigenvalue weighted by molar-refractivity contribution is 7.88. The molecular formula is C11H21N5O3S. The van der Waals surface area contributed by atoms with Crippen LogP contribution in [0.3, 0.4) is 0 Å². The SMILES string of the molecule is CC(C)(C)c1nc(C(=O)NCCCNS(C)(=O)=O)n[nH]1. The molecule has 0 saturated carbocycles. The number of rotatable bonds is 6. The van der Waals surface area contributed by atoms with Gasteiger partial charge in [-0.05, 0) is 6.42 Å². The van der Waals surface area contributed by atoms with E-state index in [-0.39, 0.29) is 23.7 Å². The molecule has 20 heavy (non-hydrogen) atoms. The van der Waals surface area contributed by atoms with Crippen molar-refractivity contribution in [2.45, 2.75) is 32.6 Å². The third-order valence-corrected chi connectivity index (χ3v) is 3.13. The van der Waals surface area contributed by atoms with Crippen molar-refractivity contribution in [1.29, 1.82) is 0 Å². The van der Waals surface area contributed by atoms with Crippen molar-refractivity contribution in [3.05, 3.63) is 11.6 Å². The summed E-state index contributed by atoms with van der Waals surface area (Å²) in [7, 11) is -3.18. The maximum absolute atomic E-state index is 11.8. The van der Waals surface area contributed by atoms with Crippen LogP contribution in [-0.4, -0.2) is 48.9 Å². The number of amides is 1. The molecule has 0 aliphatic carbocycles. The van der Waals surface area contributed by atoms with Crippen LogP contribution in [0.2, 0.25) is 0 Å². The lowest BCUT2D eigenvalue weighted by atomic mass is 9.96. The summed E-state index contributed by atoms with van der Waals surface area (Å²) in [6, 6.07) is 0. The van der Waals surface area contributed by atoms with Gasteiger partial charge in [0.1, 0.15) is 5.82 Å². The van der Waals surface area contributed by atoms with Gasteiger partial charge in [0.15, 0.2) is 0 Å². The van der Waals surface area contributed by atoms with Crippen LogP contribution < -0.4 is 10.0 Å². The van der Waals surface area contributed by atoms with Gasteiger partial charge in [-0.3, -0.25) is 9.89 Å². The molecule has 0 saturated heterocycles. The minimum Gasteiger partial charge on any atom is -0.349 e. The zero-order chi connectivity index (χ0) is 15.4. The number of nitrogens with zero attached hydrogens (tertiary/aromatic N) is 2. The highest BCUT2D eigenvalue weighted by Crippen LogP contribution is 2.17. The summed E-state index contributed by atoms with van der Waals surface area (Å²) < 4.78 is 24.0. The van der Waals surface area contributed by atoms with E-state index in [0.29, 0.717) is 18.8 Å². The summed E-state index contributed by atoms with van der Waals surface area (Å²) >= 11 is 0. The molecule has 0 radical (unpaired) electrons. The molecular weight excluding hydrogens is 282 g/mol. The summed E-state index contributed by atoms with van der Waals surface area (Å²) in [5, 5.41) is 9.23. The number of aromatic nitrogens is 3. The Hall–Kier alpha value is -1.48. The van der Waals surface area contributed by atoms with E-state index in [9.17, 15) is 13.2 Å². The summed E-state index contributed by atoms with van der Waals surface area (Å²) in [5.74, 6) is 0.350. The summed E-state index contributed by atoms with van der Waals surface area (Å²) in [6.07, 6.45) is 1.59. The Labute approximate surface area is 118 Å². The number of H-pyrrole nitrogens is 1. The lowest BCUT2D eigenvalue weighted by molar-refractivity contribution is 0.0943. The van der Waals surface area contributed by atoms with E-state index >= 15 is 0 Å². The Morgan fingerprint density at radius 2 is 1.95 bits per heavy atom. The van der Waals surface area contributed by atoms with Crippen molar-refractivity contribution in [3.8, 4) is 0 Å². The van der Waals surface area contributed by atoms with Gasteiger partial charge < -0.3 is 5.32 Å². The second-order valence-corrected chi connectivity index (χ2v) is 7.37. The predicted molar refractivity (Wildman–Crippen MR) is 74.9 cm³/mol. The van der Waals surface area contributed by atoms with Crippen molar-refractivity contribution < 1.29 is 13.2 Å². The van der Waals surface area contributed by atoms with Gasteiger partial charge in [-0.15, -0.1) is 5.10 Å². The van der Waals surface area contributed by atoms with Crippen LogP contribution in [0.1, 0.15) is 43.6 Å². The molecule has 3 N–H and O–H groups in total. The minimum absolute atomic E-state index is 0.0889. The average Bonchev–Trinajstić information content (AvgIpc) is 2.75. The molecule has 9 heteroatoms. The largest absolute Gasteiger partial charge is 0.349 e. The lowest BCUT2D eigenvalue weighted by Gasteiger charge is -2.12. The Morgan fingerprint density at radius 1 is 1.30 bits per heavy atom. The van der Waals surface area contributed by atoms with E-state index in [2.05, 4.69) is 25.2 Å². The third kappa shape index (κ3) is 5.66. The van der Waals surface area contributed by atoms with Gasteiger partial charge >= 0.3 is 0 Å². The topological polar surface area (TPSA) is 117 Å². The highest BCUT2D eigenvalue weighted by Gasteiger charge is 2.20. The molecule has 1 aromatic rings. The first kappa shape index (κ1) is 16.6. The second kappa shape index (κ2) is 6.31. The van der Waals surface area contributed by atoms with E-state index < -0.39 is 10.0 Å². The number of sulfonamides is 1. The van der Waals surface area contributed by atoms with Crippen LogP contribution in [0.25, 0.3) is 0 Å². The standard InChI is InChI=1S/C11H21N5O3S/c1-11(2,3)10-14-8(15-16-10)9(17)12-6-5-7-13-20(4,18)19/h13H,5-7H2,1-4H3,(H,12,17)(H,14,15,16). The molecule has 1 amide bonds. The van der Waals surface area contributed by atoms with Crippen LogP contribution in [0.4, 0.5) is 0 Å². The first-order valence-corrected chi connectivity index (χ1v) is 8.14. The summed E-state index contributed by atoms with van der Waals surface area (Å²) in [5.41, 5.74) is -0.203. The normalized spacial score (nSPS) is 12.4.